The van der Waals surface area contributed by atoms with Gasteiger partial charge in [0.15, 0.2) is 0 Å². The molecule has 0 aliphatic carbocycles. The summed E-state index contributed by atoms with van der Waals surface area (Å²) in [6, 6.07) is 1.55. The molecule has 1 rings (SSSR count). The maximum absolute atomic E-state index is 11.6. The van der Waals surface area contributed by atoms with E-state index in [0.717, 1.165) is 4.90 Å². The number of amides is 1. The average Bonchev–Trinajstić information content (AvgIpc) is 2.67. The number of carbonyl (C=O) groups excluding carboxylic acids is 1. The summed E-state index contributed by atoms with van der Waals surface area (Å²) in [4.78, 5) is 33.4. The number of carbonyl (C=O) groups is 3. The van der Waals surface area contributed by atoms with Gasteiger partial charge in [-0.3, -0.25) is 19.5 Å². The number of aliphatic carboxylic acids is 2. The van der Waals surface area contributed by atoms with Crippen molar-refractivity contribution in [1.29, 1.82) is 0 Å². The van der Waals surface area contributed by atoms with Gasteiger partial charge in [-0.25, -0.2) is 0 Å². The van der Waals surface area contributed by atoms with Gasteiger partial charge >= 0.3 is 11.9 Å². The summed E-state index contributed by atoms with van der Waals surface area (Å²) in [5, 5.41) is 23.3. The van der Waals surface area contributed by atoms with Crippen molar-refractivity contribution in [3.05, 3.63) is 18.0 Å². The standard InChI is InChI=1S/C9H11N3O5/c13-7(3-6-1-2-10-11-6)12(4-8(14)15)5-9(16)17/h1-2H,3-5H2,(H,10,11)(H,14,15)(H,16,17). The summed E-state index contributed by atoms with van der Waals surface area (Å²) < 4.78 is 0. The topological polar surface area (TPSA) is 124 Å². The third-order valence-corrected chi connectivity index (χ3v) is 1.91. The maximum atomic E-state index is 11.6. The zero-order chi connectivity index (χ0) is 12.8. The summed E-state index contributed by atoms with van der Waals surface area (Å²) in [7, 11) is 0. The second-order valence-electron chi connectivity index (χ2n) is 3.30. The lowest BCUT2D eigenvalue weighted by molar-refractivity contribution is -0.149. The number of aromatic nitrogens is 2. The summed E-state index contributed by atoms with van der Waals surface area (Å²) in [5.41, 5.74) is 0.496. The predicted molar refractivity (Wildman–Crippen MR) is 54.1 cm³/mol. The van der Waals surface area contributed by atoms with Crippen LogP contribution in [0, 0.1) is 0 Å². The second-order valence-corrected chi connectivity index (χ2v) is 3.30. The Balaban J connectivity index is 2.65. The van der Waals surface area contributed by atoms with Gasteiger partial charge in [0.25, 0.3) is 0 Å². The highest BCUT2D eigenvalue weighted by atomic mass is 16.4. The van der Waals surface area contributed by atoms with Crippen LogP contribution >= 0.6 is 0 Å². The highest BCUT2D eigenvalue weighted by Gasteiger charge is 2.20. The van der Waals surface area contributed by atoms with Crippen LogP contribution in [0.25, 0.3) is 0 Å². The summed E-state index contributed by atoms with van der Waals surface area (Å²) in [6.07, 6.45) is 1.34. The molecule has 8 nitrogen and oxygen atoms in total. The van der Waals surface area contributed by atoms with Gasteiger partial charge in [-0.15, -0.1) is 0 Å². The van der Waals surface area contributed by atoms with Crippen molar-refractivity contribution in [3.63, 3.8) is 0 Å². The number of nitrogens with zero attached hydrogens (tertiary/aromatic N) is 2. The lowest BCUT2D eigenvalue weighted by atomic mass is 10.2. The first kappa shape index (κ1) is 12.7. The van der Waals surface area contributed by atoms with Gasteiger partial charge in [0.05, 0.1) is 6.42 Å². The van der Waals surface area contributed by atoms with E-state index in [1.54, 1.807) is 6.07 Å². The molecule has 17 heavy (non-hydrogen) atoms. The Bertz CT molecular complexity index is 398. The second kappa shape index (κ2) is 5.64. The molecule has 0 spiro atoms. The van der Waals surface area contributed by atoms with Crippen LogP contribution in [0.3, 0.4) is 0 Å². The van der Waals surface area contributed by atoms with Crippen molar-refractivity contribution >= 4 is 17.8 Å². The van der Waals surface area contributed by atoms with Crippen LogP contribution in [-0.4, -0.2) is 56.2 Å². The average molecular weight is 241 g/mol. The Morgan fingerprint density at radius 1 is 1.24 bits per heavy atom. The molecule has 0 aliphatic heterocycles. The molecule has 92 valence electrons. The minimum Gasteiger partial charge on any atom is -0.480 e. The number of carboxylic acid groups (broad SMARTS) is 2. The predicted octanol–water partition coefficient (Wildman–Crippen LogP) is -1.05. The monoisotopic (exact) mass is 241 g/mol. The number of aromatic amines is 1. The third kappa shape index (κ3) is 4.33. The van der Waals surface area contributed by atoms with Gasteiger partial charge in [0, 0.05) is 11.9 Å². The first-order valence-electron chi connectivity index (χ1n) is 4.68. The van der Waals surface area contributed by atoms with Crippen molar-refractivity contribution < 1.29 is 24.6 Å². The molecule has 0 atom stereocenters. The highest BCUT2D eigenvalue weighted by molar-refractivity contribution is 5.86. The summed E-state index contributed by atoms with van der Waals surface area (Å²) in [6.45, 7) is -1.28. The van der Waals surface area contributed by atoms with Gasteiger partial charge in [0.2, 0.25) is 5.91 Å². The Labute approximate surface area is 95.9 Å². The van der Waals surface area contributed by atoms with Gasteiger partial charge in [-0.1, -0.05) is 0 Å². The molecule has 0 aliphatic rings. The maximum Gasteiger partial charge on any atom is 0.323 e. The highest BCUT2D eigenvalue weighted by Crippen LogP contribution is 1.99. The van der Waals surface area contributed by atoms with Crippen LogP contribution in [0.1, 0.15) is 5.69 Å². The van der Waals surface area contributed by atoms with Crippen LogP contribution < -0.4 is 0 Å². The number of hydrogen-bond acceptors (Lipinski definition) is 4. The van der Waals surface area contributed by atoms with Gasteiger partial charge in [0.1, 0.15) is 13.1 Å². The number of carboxylic acids is 2. The van der Waals surface area contributed by atoms with Crippen LogP contribution in [0.15, 0.2) is 12.3 Å². The molecule has 0 fully saturated rings. The van der Waals surface area contributed by atoms with Crippen molar-refractivity contribution in [2.75, 3.05) is 13.1 Å². The first-order valence-corrected chi connectivity index (χ1v) is 4.68. The van der Waals surface area contributed by atoms with Gasteiger partial charge in [-0.05, 0) is 6.07 Å². The molecule has 0 saturated carbocycles. The molecular weight excluding hydrogens is 230 g/mol. The molecule has 0 aromatic carbocycles. The van der Waals surface area contributed by atoms with E-state index >= 15 is 0 Å². The first-order chi connectivity index (χ1) is 7.99. The van der Waals surface area contributed by atoms with E-state index in [-0.39, 0.29) is 6.42 Å². The van der Waals surface area contributed by atoms with E-state index in [1.165, 1.54) is 6.20 Å². The third-order valence-electron chi connectivity index (χ3n) is 1.91. The van der Waals surface area contributed by atoms with E-state index in [1.807, 2.05) is 0 Å². The molecule has 0 saturated heterocycles. The SMILES string of the molecule is O=C(O)CN(CC(=O)O)C(=O)Cc1ccn[nH]1. The summed E-state index contributed by atoms with van der Waals surface area (Å²) >= 11 is 0. The number of hydrogen-bond donors (Lipinski definition) is 3. The van der Waals surface area contributed by atoms with Crippen LogP contribution in [0.2, 0.25) is 0 Å². The normalized spacial score (nSPS) is 9.88. The lowest BCUT2D eigenvalue weighted by Crippen LogP contribution is -2.40. The smallest absolute Gasteiger partial charge is 0.323 e. The zero-order valence-corrected chi connectivity index (χ0v) is 8.79. The Morgan fingerprint density at radius 2 is 1.82 bits per heavy atom. The zero-order valence-electron chi connectivity index (χ0n) is 8.79. The summed E-state index contributed by atoms with van der Waals surface area (Å²) in [5.74, 6) is -3.10. The van der Waals surface area contributed by atoms with Crippen molar-refractivity contribution in [2.45, 2.75) is 6.42 Å². The van der Waals surface area contributed by atoms with Crippen molar-refractivity contribution in [3.8, 4) is 0 Å². The Hall–Kier alpha value is -2.38. The van der Waals surface area contributed by atoms with Crippen LogP contribution in [-0.2, 0) is 20.8 Å². The fourth-order valence-electron chi connectivity index (χ4n) is 1.22. The van der Waals surface area contributed by atoms with E-state index < -0.39 is 30.9 Å². The number of rotatable bonds is 6. The molecule has 0 radical (unpaired) electrons. The molecule has 3 N–H and O–H groups in total. The van der Waals surface area contributed by atoms with E-state index in [0.29, 0.717) is 5.69 Å². The molecule has 1 aromatic rings. The van der Waals surface area contributed by atoms with E-state index in [2.05, 4.69) is 10.2 Å². The molecule has 1 heterocycles. The number of nitrogens with one attached hydrogen (secondary N) is 1. The van der Waals surface area contributed by atoms with Crippen molar-refractivity contribution in [1.82, 2.24) is 15.1 Å². The van der Waals surface area contributed by atoms with Crippen LogP contribution in [0.5, 0.6) is 0 Å². The molecular formula is C9H11N3O5. The Morgan fingerprint density at radius 3 is 2.24 bits per heavy atom. The van der Waals surface area contributed by atoms with Gasteiger partial charge in [-0.2, -0.15) is 5.10 Å². The number of H-pyrrole nitrogens is 1. The van der Waals surface area contributed by atoms with Gasteiger partial charge < -0.3 is 15.1 Å². The molecule has 1 aromatic heterocycles. The lowest BCUT2D eigenvalue weighted by Gasteiger charge is -2.17. The van der Waals surface area contributed by atoms with E-state index in [4.69, 9.17) is 10.2 Å². The fourth-order valence-corrected chi connectivity index (χ4v) is 1.22. The molecule has 0 bridgehead atoms. The Kier molecular flexibility index (Phi) is 4.21. The van der Waals surface area contributed by atoms with Crippen molar-refractivity contribution in [2.24, 2.45) is 0 Å². The molecule has 0 unspecified atom stereocenters. The quantitative estimate of drug-likeness (QED) is 0.583. The molecule has 8 heteroatoms. The molecule has 1 amide bonds. The minimum absolute atomic E-state index is 0.111. The minimum atomic E-state index is -1.26. The van der Waals surface area contributed by atoms with E-state index in [9.17, 15) is 14.4 Å². The largest absolute Gasteiger partial charge is 0.480 e. The fraction of sp³-hybridized carbons (Fsp3) is 0.333. The van der Waals surface area contributed by atoms with Crippen LogP contribution in [0.4, 0.5) is 0 Å².